The van der Waals surface area contributed by atoms with E-state index >= 15 is 0 Å². The highest BCUT2D eigenvalue weighted by molar-refractivity contribution is 7.89. The van der Waals surface area contributed by atoms with Gasteiger partial charge >= 0.3 is 0 Å². The lowest BCUT2D eigenvalue weighted by Crippen LogP contribution is -2.27. The molecule has 7 nitrogen and oxygen atoms in total. The summed E-state index contributed by atoms with van der Waals surface area (Å²) >= 11 is 6.37. The van der Waals surface area contributed by atoms with Crippen LogP contribution in [0.1, 0.15) is 22.7 Å². The predicted molar refractivity (Wildman–Crippen MR) is 127 cm³/mol. The van der Waals surface area contributed by atoms with E-state index in [2.05, 4.69) is 5.32 Å². The first-order valence-electron chi connectivity index (χ1n) is 9.91. The summed E-state index contributed by atoms with van der Waals surface area (Å²) in [5.41, 5.74) is 1.99. The summed E-state index contributed by atoms with van der Waals surface area (Å²) in [5, 5.41) is 8.65. The van der Waals surface area contributed by atoms with Gasteiger partial charge in [-0.3, -0.25) is 4.79 Å². The minimum absolute atomic E-state index is 0. The monoisotopic (exact) mass is 476 g/mol. The third-order valence-corrected chi connectivity index (χ3v) is 7.05. The Balaban J connectivity index is 0.00000144. The van der Waals surface area contributed by atoms with Crippen molar-refractivity contribution in [1.82, 2.24) is 0 Å². The fraction of sp³-hybridized carbons (Fsp3) is 0.174. The lowest BCUT2D eigenvalue weighted by Gasteiger charge is -2.17. The van der Waals surface area contributed by atoms with Crippen molar-refractivity contribution >= 4 is 33.2 Å². The number of hydrogen-bond donors (Lipinski definition) is 2. The van der Waals surface area contributed by atoms with Gasteiger partial charge < -0.3 is 14.8 Å². The fourth-order valence-electron chi connectivity index (χ4n) is 3.88. The zero-order valence-corrected chi connectivity index (χ0v) is 18.4. The van der Waals surface area contributed by atoms with Gasteiger partial charge in [-0.2, -0.15) is 0 Å². The van der Waals surface area contributed by atoms with Gasteiger partial charge in [0.25, 0.3) is 0 Å². The van der Waals surface area contributed by atoms with E-state index in [4.69, 9.17) is 26.2 Å². The molecule has 0 aromatic heterocycles. The van der Waals surface area contributed by atoms with Crippen molar-refractivity contribution in [2.45, 2.75) is 23.2 Å². The number of fused-ring (bicyclic) bond motifs is 1. The normalized spacial score (nSPS) is 15.9. The topological polar surface area (TPSA) is 108 Å². The third kappa shape index (κ3) is 3.70. The minimum atomic E-state index is -3.85. The molecular weight excluding hydrogens is 452 g/mol. The Morgan fingerprint density at radius 2 is 1.81 bits per heavy atom. The first-order valence-corrected chi connectivity index (χ1v) is 11.8. The molecule has 1 heterocycles. The second-order valence-electron chi connectivity index (χ2n) is 7.87. The maximum atomic E-state index is 13.2. The van der Waals surface area contributed by atoms with Crippen LogP contribution in [0.2, 0.25) is 5.02 Å². The van der Waals surface area contributed by atoms with Crippen molar-refractivity contribution in [2.75, 3.05) is 12.1 Å². The highest BCUT2D eigenvalue weighted by Crippen LogP contribution is 2.51. The highest BCUT2D eigenvalue weighted by atomic mass is 35.5. The van der Waals surface area contributed by atoms with Gasteiger partial charge in [-0.1, -0.05) is 29.8 Å². The molecule has 3 aromatic rings. The maximum absolute atomic E-state index is 13.2. The van der Waals surface area contributed by atoms with Crippen LogP contribution < -0.4 is 19.9 Å². The molecule has 0 radical (unpaired) electrons. The van der Waals surface area contributed by atoms with Crippen molar-refractivity contribution in [2.24, 2.45) is 5.14 Å². The molecule has 1 fully saturated rings. The number of amides is 1. The van der Waals surface area contributed by atoms with E-state index in [9.17, 15) is 13.2 Å². The smallest absolute Gasteiger partial charge is 0.238 e. The molecule has 1 amide bonds. The molecule has 0 spiro atoms. The van der Waals surface area contributed by atoms with Gasteiger partial charge in [0.05, 0.1) is 10.3 Å². The van der Waals surface area contributed by atoms with Gasteiger partial charge in [0, 0.05) is 20.6 Å². The van der Waals surface area contributed by atoms with Gasteiger partial charge in [0.2, 0.25) is 22.7 Å². The first kappa shape index (κ1) is 20.8. The molecule has 32 heavy (non-hydrogen) atoms. The number of nitrogens with two attached hydrogens (primary N) is 1. The number of carbonyl (C=O) groups is 1. The van der Waals surface area contributed by atoms with Gasteiger partial charge in [0.1, 0.15) is 0 Å². The molecule has 1 saturated carbocycles. The van der Waals surface area contributed by atoms with E-state index in [1.807, 2.05) is 18.2 Å². The number of rotatable bonds is 5. The van der Waals surface area contributed by atoms with Crippen LogP contribution >= 0.6 is 11.6 Å². The Bertz CT molecular complexity index is 1370. The summed E-state index contributed by atoms with van der Waals surface area (Å²) in [4.78, 5) is 13.2. The number of ether oxygens (including phenoxy) is 2. The Labute approximate surface area is 194 Å². The van der Waals surface area contributed by atoms with Crippen LogP contribution in [0.5, 0.6) is 11.5 Å². The molecule has 0 atom stereocenters. The standard InChI is InChI=1S/C23H19ClN2O5S.3H2/c24-19-6-5-16(12-18(19)14-2-1-3-17(10-14)32(25,28)29)26-22(27)23(8-9-23)15-4-7-20-21(11-15)31-13-30-20;;;/h1-7,10-12H,8-9,13H2,(H,26,27)(H2,25,28,29);3*1H. The van der Waals surface area contributed by atoms with E-state index in [-0.39, 0.29) is 21.9 Å². The number of hydrogen-bond acceptors (Lipinski definition) is 5. The second kappa shape index (κ2) is 7.51. The quantitative estimate of drug-likeness (QED) is 0.550. The van der Waals surface area contributed by atoms with E-state index in [1.165, 1.54) is 12.1 Å². The molecule has 0 unspecified atom stereocenters. The lowest BCUT2D eigenvalue weighted by molar-refractivity contribution is -0.118. The predicted octanol–water partition coefficient (Wildman–Crippen LogP) is 4.79. The zero-order valence-electron chi connectivity index (χ0n) is 16.8. The molecule has 2 aliphatic rings. The number of primary sulfonamides is 1. The van der Waals surface area contributed by atoms with Crippen LogP contribution in [0, 0.1) is 0 Å². The number of anilines is 1. The number of benzene rings is 3. The molecule has 1 aliphatic heterocycles. The van der Waals surface area contributed by atoms with Gasteiger partial charge in [0.15, 0.2) is 11.5 Å². The lowest BCUT2D eigenvalue weighted by atomic mass is 9.94. The van der Waals surface area contributed by atoms with E-state index < -0.39 is 15.4 Å². The summed E-state index contributed by atoms with van der Waals surface area (Å²) < 4.78 is 34.2. The van der Waals surface area contributed by atoms with E-state index in [0.29, 0.717) is 33.3 Å². The molecule has 0 bridgehead atoms. The molecule has 9 heteroatoms. The average molecular weight is 477 g/mol. The van der Waals surface area contributed by atoms with E-state index in [0.717, 1.165) is 18.4 Å². The number of carbonyl (C=O) groups excluding carboxylic acids is 1. The number of nitrogens with one attached hydrogen (secondary N) is 1. The molecule has 1 aliphatic carbocycles. The van der Waals surface area contributed by atoms with Crippen molar-refractivity contribution in [3.8, 4) is 22.6 Å². The van der Waals surface area contributed by atoms with Crippen molar-refractivity contribution in [1.29, 1.82) is 0 Å². The Morgan fingerprint density at radius 1 is 1.03 bits per heavy atom. The highest BCUT2D eigenvalue weighted by Gasteiger charge is 2.51. The van der Waals surface area contributed by atoms with Gasteiger partial charge in [-0.15, -0.1) is 0 Å². The fourth-order valence-corrected chi connectivity index (χ4v) is 4.67. The maximum Gasteiger partial charge on any atom is 0.238 e. The first-order chi connectivity index (χ1) is 15.3. The van der Waals surface area contributed by atoms with Gasteiger partial charge in [-0.25, -0.2) is 13.6 Å². The SMILES string of the molecule is NS(=O)(=O)c1cccc(-c2cc(NC(=O)C3(c4ccc5c(c4)OCO5)CC3)ccc2Cl)c1.[HH].[HH].[HH]. The van der Waals surface area contributed by atoms with Crippen LogP contribution in [0.4, 0.5) is 5.69 Å². The summed E-state index contributed by atoms with van der Waals surface area (Å²) in [7, 11) is -3.85. The molecule has 3 aromatic carbocycles. The Kier molecular flexibility index (Phi) is 4.88. The van der Waals surface area contributed by atoms with Crippen molar-refractivity contribution < 1.29 is 27.0 Å². The Hall–Kier alpha value is -3.07. The summed E-state index contributed by atoms with van der Waals surface area (Å²) in [5.74, 6) is 1.20. The summed E-state index contributed by atoms with van der Waals surface area (Å²) in [6, 6.07) is 16.9. The molecule has 170 valence electrons. The van der Waals surface area contributed by atoms with E-state index in [1.54, 1.807) is 30.3 Å². The van der Waals surface area contributed by atoms with Crippen molar-refractivity contribution in [3.05, 3.63) is 71.2 Å². The molecule has 0 saturated heterocycles. The zero-order chi connectivity index (χ0) is 22.5. The molecule has 3 N–H and O–H groups in total. The van der Waals surface area contributed by atoms with Crippen LogP contribution in [0.3, 0.4) is 0 Å². The second-order valence-corrected chi connectivity index (χ2v) is 9.84. The van der Waals surface area contributed by atoms with Gasteiger partial charge in [-0.05, 0) is 66.4 Å². The minimum Gasteiger partial charge on any atom is -0.454 e. The number of halogens is 1. The summed E-state index contributed by atoms with van der Waals surface area (Å²) in [6.45, 7) is 0.179. The Morgan fingerprint density at radius 3 is 2.56 bits per heavy atom. The van der Waals surface area contributed by atoms with Crippen LogP contribution in [0.15, 0.2) is 65.6 Å². The summed E-state index contributed by atoms with van der Waals surface area (Å²) in [6.07, 6.45) is 1.46. The molecule has 5 rings (SSSR count). The van der Waals surface area contributed by atoms with Crippen molar-refractivity contribution in [3.63, 3.8) is 0 Å². The van der Waals surface area contributed by atoms with Crippen LogP contribution in [-0.2, 0) is 20.2 Å². The average Bonchev–Trinajstić information content (AvgIpc) is 3.45. The third-order valence-electron chi connectivity index (χ3n) is 5.81. The molecular formula is C23H25ClN2O5S. The number of sulfonamides is 1. The van der Waals surface area contributed by atoms with Crippen LogP contribution in [0.25, 0.3) is 11.1 Å². The largest absolute Gasteiger partial charge is 0.454 e. The van der Waals surface area contributed by atoms with Crippen LogP contribution in [-0.4, -0.2) is 21.1 Å².